The van der Waals surface area contributed by atoms with E-state index in [-0.39, 0.29) is 24.0 Å². The fraction of sp³-hybridized carbons (Fsp3) is 0.348. The molecule has 1 aromatic carbocycles. The van der Waals surface area contributed by atoms with E-state index >= 15 is 0 Å². The molecule has 0 aliphatic carbocycles. The minimum absolute atomic E-state index is 0. The van der Waals surface area contributed by atoms with Crippen LogP contribution in [0.2, 0.25) is 0 Å². The molecule has 2 aromatic heterocycles. The van der Waals surface area contributed by atoms with E-state index in [1.807, 2.05) is 29.9 Å². The van der Waals surface area contributed by atoms with E-state index in [2.05, 4.69) is 66.0 Å². The summed E-state index contributed by atoms with van der Waals surface area (Å²) < 4.78 is 7.51. The number of hydrogen-bond acceptors (Lipinski definition) is 3. The van der Waals surface area contributed by atoms with Crippen LogP contribution >= 0.6 is 24.0 Å². The minimum Gasteiger partial charge on any atom is -0.468 e. The summed E-state index contributed by atoms with van der Waals surface area (Å²) in [5.41, 5.74) is 3.77. The van der Waals surface area contributed by atoms with E-state index in [1.54, 1.807) is 6.26 Å². The zero-order valence-corrected chi connectivity index (χ0v) is 20.3. The first-order valence-electron chi connectivity index (χ1n) is 10.0. The van der Waals surface area contributed by atoms with Crippen LogP contribution < -0.4 is 10.6 Å². The van der Waals surface area contributed by atoms with Crippen molar-refractivity contribution in [2.24, 2.45) is 12.0 Å². The van der Waals surface area contributed by atoms with E-state index in [4.69, 9.17) is 9.41 Å². The molecule has 3 rings (SSSR count). The van der Waals surface area contributed by atoms with E-state index in [9.17, 15) is 0 Å². The summed E-state index contributed by atoms with van der Waals surface area (Å²) in [6, 6.07) is 14.6. The van der Waals surface area contributed by atoms with Crippen molar-refractivity contribution in [2.75, 3.05) is 13.6 Å². The molecule has 2 heterocycles. The second kappa shape index (κ2) is 12.4. The molecule has 30 heavy (non-hydrogen) atoms. The monoisotopic (exact) mass is 521 g/mol. The third kappa shape index (κ3) is 7.53. The Morgan fingerprint density at radius 2 is 1.87 bits per heavy atom. The second-order valence-corrected chi connectivity index (χ2v) is 7.25. The van der Waals surface area contributed by atoms with Crippen molar-refractivity contribution in [1.82, 2.24) is 20.1 Å². The van der Waals surface area contributed by atoms with Crippen LogP contribution in [0.3, 0.4) is 0 Å². The standard InChI is InChI=1S/C23H31N5O.HI/c1-4-24-23(25-14-19-11-12-27(2)16-19)26-15-20-8-5-6-9-21(20)17-28(3)18-22-10-7-13-29-22;/h5-13,16H,4,14-15,17-18H2,1-3H3,(H2,24,25,26);1H. The Balaban J connectivity index is 0.00000320. The van der Waals surface area contributed by atoms with Crippen LogP contribution in [0.25, 0.3) is 0 Å². The lowest BCUT2D eigenvalue weighted by Crippen LogP contribution is -2.37. The molecule has 0 unspecified atom stereocenters. The number of aromatic nitrogens is 1. The quantitative estimate of drug-likeness (QED) is 0.253. The van der Waals surface area contributed by atoms with E-state index in [0.717, 1.165) is 37.9 Å². The van der Waals surface area contributed by atoms with Gasteiger partial charge in [0, 0.05) is 39.1 Å². The molecular weight excluding hydrogens is 489 g/mol. The molecule has 0 radical (unpaired) electrons. The van der Waals surface area contributed by atoms with Gasteiger partial charge in [-0.1, -0.05) is 24.3 Å². The smallest absolute Gasteiger partial charge is 0.191 e. The van der Waals surface area contributed by atoms with Gasteiger partial charge in [0.25, 0.3) is 0 Å². The lowest BCUT2D eigenvalue weighted by atomic mass is 10.1. The number of guanidine groups is 1. The summed E-state index contributed by atoms with van der Waals surface area (Å²) in [5.74, 6) is 1.81. The molecular formula is C23H32IN5O. The molecule has 162 valence electrons. The highest BCUT2D eigenvalue weighted by molar-refractivity contribution is 14.0. The molecule has 0 fully saturated rings. The van der Waals surface area contributed by atoms with Crippen LogP contribution in [-0.4, -0.2) is 29.0 Å². The van der Waals surface area contributed by atoms with Gasteiger partial charge < -0.3 is 19.6 Å². The maximum atomic E-state index is 5.46. The number of aliphatic imine (C=N–C) groups is 1. The van der Waals surface area contributed by atoms with Gasteiger partial charge in [0.05, 0.1) is 19.4 Å². The predicted molar refractivity (Wildman–Crippen MR) is 133 cm³/mol. The molecule has 0 saturated heterocycles. The highest BCUT2D eigenvalue weighted by atomic mass is 127. The molecule has 0 saturated carbocycles. The maximum absolute atomic E-state index is 5.46. The van der Waals surface area contributed by atoms with Gasteiger partial charge in [-0.2, -0.15) is 0 Å². The third-order valence-corrected chi connectivity index (χ3v) is 4.67. The third-order valence-electron chi connectivity index (χ3n) is 4.67. The lowest BCUT2D eigenvalue weighted by Gasteiger charge is -2.19. The van der Waals surface area contributed by atoms with Gasteiger partial charge in [0.2, 0.25) is 0 Å². The largest absolute Gasteiger partial charge is 0.468 e. The SMILES string of the molecule is CCNC(=NCc1ccn(C)c1)NCc1ccccc1CN(C)Cc1ccco1.I. The molecule has 3 aromatic rings. The van der Waals surface area contributed by atoms with Crippen LogP contribution in [0.5, 0.6) is 0 Å². The van der Waals surface area contributed by atoms with Gasteiger partial charge in [-0.3, -0.25) is 4.90 Å². The van der Waals surface area contributed by atoms with E-state index < -0.39 is 0 Å². The van der Waals surface area contributed by atoms with Crippen molar-refractivity contribution >= 4 is 29.9 Å². The molecule has 0 atom stereocenters. The molecule has 0 amide bonds. The fourth-order valence-corrected chi connectivity index (χ4v) is 3.24. The number of nitrogens with zero attached hydrogens (tertiary/aromatic N) is 3. The number of nitrogens with one attached hydrogen (secondary N) is 2. The first-order valence-corrected chi connectivity index (χ1v) is 10.0. The van der Waals surface area contributed by atoms with Crippen molar-refractivity contribution in [3.05, 3.63) is 83.6 Å². The number of furan rings is 1. The number of halogens is 1. The Labute approximate surface area is 196 Å². The molecule has 0 spiro atoms. The average molecular weight is 521 g/mol. The second-order valence-electron chi connectivity index (χ2n) is 7.25. The van der Waals surface area contributed by atoms with Gasteiger partial charge >= 0.3 is 0 Å². The minimum atomic E-state index is 0. The Kier molecular flexibility index (Phi) is 9.96. The van der Waals surface area contributed by atoms with Crippen molar-refractivity contribution in [1.29, 1.82) is 0 Å². The van der Waals surface area contributed by atoms with Gasteiger partial charge in [-0.05, 0) is 48.9 Å². The van der Waals surface area contributed by atoms with Crippen LogP contribution in [0.15, 0.2) is 70.5 Å². The zero-order chi connectivity index (χ0) is 20.5. The van der Waals surface area contributed by atoms with Crippen molar-refractivity contribution in [3.8, 4) is 0 Å². The first kappa shape index (κ1) is 24.0. The normalized spacial score (nSPS) is 11.4. The first-order chi connectivity index (χ1) is 14.1. The Morgan fingerprint density at radius 3 is 2.53 bits per heavy atom. The van der Waals surface area contributed by atoms with E-state index in [0.29, 0.717) is 6.54 Å². The summed E-state index contributed by atoms with van der Waals surface area (Å²) in [7, 11) is 4.13. The van der Waals surface area contributed by atoms with Gasteiger partial charge in [-0.25, -0.2) is 4.99 Å². The molecule has 7 heteroatoms. The molecule has 0 aliphatic heterocycles. The fourth-order valence-electron chi connectivity index (χ4n) is 3.24. The summed E-state index contributed by atoms with van der Waals surface area (Å²) in [4.78, 5) is 6.97. The maximum Gasteiger partial charge on any atom is 0.191 e. The highest BCUT2D eigenvalue weighted by Gasteiger charge is 2.08. The number of rotatable bonds is 9. The topological polar surface area (TPSA) is 57.7 Å². The summed E-state index contributed by atoms with van der Waals surface area (Å²) in [6.45, 7) is 5.94. The molecule has 0 aliphatic rings. The van der Waals surface area contributed by atoms with Crippen LogP contribution in [-0.2, 0) is 33.2 Å². The molecule has 2 N–H and O–H groups in total. The predicted octanol–water partition coefficient (Wildman–Crippen LogP) is 4.12. The van der Waals surface area contributed by atoms with Crippen molar-refractivity contribution < 1.29 is 4.42 Å². The van der Waals surface area contributed by atoms with Crippen LogP contribution in [0, 0.1) is 0 Å². The van der Waals surface area contributed by atoms with Crippen molar-refractivity contribution in [3.63, 3.8) is 0 Å². The van der Waals surface area contributed by atoms with Gasteiger partial charge in [0.1, 0.15) is 5.76 Å². The summed E-state index contributed by atoms with van der Waals surface area (Å²) in [5, 5.41) is 6.80. The summed E-state index contributed by atoms with van der Waals surface area (Å²) in [6.07, 6.45) is 5.86. The Bertz CT molecular complexity index is 904. The average Bonchev–Trinajstić information content (AvgIpc) is 3.36. The summed E-state index contributed by atoms with van der Waals surface area (Å²) >= 11 is 0. The lowest BCUT2D eigenvalue weighted by molar-refractivity contribution is 0.287. The molecule has 6 nitrogen and oxygen atoms in total. The van der Waals surface area contributed by atoms with E-state index in [1.165, 1.54) is 16.7 Å². The Hall–Kier alpha value is -2.26. The number of hydrogen-bond donors (Lipinski definition) is 2. The zero-order valence-electron chi connectivity index (χ0n) is 18.0. The van der Waals surface area contributed by atoms with Crippen molar-refractivity contribution in [2.45, 2.75) is 33.1 Å². The Morgan fingerprint density at radius 1 is 1.07 bits per heavy atom. The number of aryl methyl sites for hydroxylation is 1. The number of benzene rings is 1. The molecule has 0 bridgehead atoms. The van der Waals surface area contributed by atoms with Gasteiger partial charge in [-0.15, -0.1) is 24.0 Å². The highest BCUT2D eigenvalue weighted by Crippen LogP contribution is 2.13. The van der Waals surface area contributed by atoms with Crippen LogP contribution in [0.1, 0.15) is 29.4 Å². The van der Waals surface area contributed by atoms with Crippen LogP contribution in [0.4, 0.5) is 0 Å². The van der Waals surface area contributed by atoms with Gasteiger partial charge in [0.15, 0.2) is 5.96 Å².